The minimum atomic E-state index is -3.61. The van der Waals surface area contributed by atoms with Crippen molar-refractivity contribution in [1.29, 1.82) is 0 Å². The van der Waals surface area contributed by atoms with E-state index in [4.69, 9.17) is 4.74 Å². The Morgan fingerprint density at radius 2 is 1.96 bits per heavy atom. The fourth-order valence-electron chi connectivity index (χ4n) is 2.56. The van der Waals surface area contributed by atoms with Crippen LogP contribution in [0.25, 0.3) is 0 Å². The van der Waals surface area contributed by atoms with Gasteiger partial charge in [0.2, 0.25) is 10.0 Å². The standard InChI is InChI=1S/C15H23BrN2O3S.ClH/c1-11-8-13(21-3)14(9-12(11)16)22(19,20)18-10-15(2)4-6-17-7-5-15;/h8-9,17-18H,4-7,10H2,1-3H3;1H. The number of sulfonamides is 1. The average Bonchev–Trinajstić information content (AvgIpc) is 2.48. The molecule has 0 radical (unpaired) electrons. The molecule has 2 N–H and O–H groups in total. The lowest BCUT2D eigenvalue weighted by Gasteiger charge is -2.34. The highest BCUT2D eigenvalue weighted by atomic mass is 79.9. The number of hydrogen-bond donors (Lipinski definition) is 2. The molecule has 1 aliphatic heterocycles. The summed E-state index contributed by atoms with van der Waals surface area (Å²) in [4.78, 5) is 0.171. The van der Waals surface area contributed by atoms with Gasteiger partial charge >= 0.3 is 0 Å². The lowest BCUT2D eigenvalue weighted by molar-refractivity contribution is 0.232. The fraction of sp³-hybridized carbons (Fsp3) is 0.600. The fourth-order valence-corrected chi connectivity index (χ4v) is 4.43. The van der Waals surface area contributed by atoms with Crippen LogP contribution in [0.2, 0.25) is 0 Å². The molecular weight excluding hydrogens is 404 g/mol. The summed E-state index contributed by atoms with van der Waals surface area (Å²) in [5.41, 5.74) is 0.925. The van der Waals surface area contributed by atoms with Crippen molar-refractivity contribution in [2.24, 2.45) is 5.41 Å². The maximum Gasteiger partial charge on any atom is 0.244 e. The van der Waals surface area contributed by atoms with Crippen LogP contribution in [-0.4, -0.2) is 35.2 Å². The van der Waals surface area contributed by atoms with Crippen molar-refractivity contribution in [3.05, 3.63) is 22.2 Å². The molecule has 1 aliphatic rings. The molecule has 0 aliphatic carbocycles. The van der Waals surface area contributed by atoms with Crippen molar-refractivity contribution in [1.82, 2.24) is 10.0 Å². The van der Waals surface area contributed by atoms with Gasteiger partial charge in [-0.3, -0.25) is 0 Å². The molecule has 8 heteroatoms. The van der Waals surface area contributed by atoms with Crippen LogP contribution in [0, 0.1) is 12.3 Å². The van der Waals surface area contributed by atoms with Gasteiger partial charge in [-0.1, -0.05) is 22.9 Å². The Kier molecular flexibility index (Phi) is 7.35. The second-order valence-electron chi connectivity index (χ2n) is 6.14. The van der Waals surface area contributed by atoms with E-state index in [-0.39, 0.29) is 22.7 Å². The summed E-state index contributed by atoms with van der Waals surface area (Å²) >= 11 is 3.38. The summed E-state index contributed by atoms with van der Waals surface area (Å²) in [6.45, 7) is 6.31. The van der Waals surface area contributed by atoms with E-state index in [2.05, 4.69) is 32.9 Å². The zero-order valence-electron chi connectivity index (χ0n) is 13.6. The Morgan fingerprint density at radius 3 is 2.52 bits per heavy atom. The summed E-state index contributed by atoms with van der Waals surface area (Å²) in [6.07, 6.45) is 1.93. The van der Waals surface area contributed by atoms with E-state index in [0.717, 1.165) is 36.0 Å². The van der Waals surface area contributed by atoms with Crippen LogP contribution in [0.3, 0.4) is 0 Å². The summed E-state index contributed by atoms with van der Waals surface area (Å²) < 4.78 is 34.0. The van der Waals surface area contributed by atoms with Crippen molar-refractivity contribution in [3.63, 3.8) is 0 Å². The van der Waals surface area contributed by atoms with Gasteiger partial charge in [0.05, 0.1) is 7.11 Å². The summed E-state index contributed by atoms with van der Waals surface area (Å²) in [6, 6.07) is 3.33. The van der Waals surface area contributed by atoms with Gasteiger partial charge in [-0.2, -0.15) is 0 Å². The summed E-state index contributed by atoms with van der Waals surface area (Å²) in [5, 5.41) is 3.30. The molecule has 1 heterocycles. The Bertz CT molecular complexity index is 646. The minimum Gasteiger partial charge on any atom is -0.495 e. The highest BCUT2D eigenvalue weighted by Crippen LogP contribution is 2.32. The quantitative estimate of drug-likeness (QED) is 0.758. The molecule has 1 saturated heterocycles. The molecule has 1 fully saturated rings. The van der Waals surface area contributed by atoms with Crippen LogP contribution in [-0.2, 0) is 10.0 Å². The lowest BCUT2D eigenvalue weighted by Crippen LogP contribution is -2.42. The van der Waals surface area contributed by atoms with Gasteiger partial charge in [-0.05, 0) is 56.0 Å². The number of methoxy groups -OCH3 is 1. The molecule has 2 rings (SSSR count). The first-order valence-corrected chi connectivity index (χ1v) is 9.60. The van der Waals surface area contributed by atoms with Gasteiger partial charge in [0.15, 0.2) is 0 Å². The topological polar surface area (TPSA) is 67.4 Å². The Hall–Kier alpha value is -0.340. The first-order valence-electron chi connectivity index (χ1n) is 7.32. The molecule has 0 aromatic heterocycles. The highest BCUT2D eigenvalue weighted by molar-refractivity contribution is 9.10. The predicted octanol–water partition coefficient (Wildman–Crippen LogP) is 2.86. The third-order valence-corrected chi connectivity index (χ3v) is 6.51. The number of benzene rings is 1. The van der Waals surface area contributed by atoms with Crippen molar-refractivity contribution >= 4 is 38.4 Å². The molecule has 0 spiro atoms. The van der Waals surface area contributed by atoms with Gasteiger partial charge < -0.3 is 10.1 Å². The second kappa shape index (κ2) is 8.16. The van der Waals surface area contributed by atoms with Crippen molar-refractivity contribution in [2.45, 2.75) is 31.6 Å². The van der Waals surface area contributed by atoms with Crippen LogP contribution in [0.5, 0.6) is 5.75 Å². The van der Waals surface area contributed by atoms with Gasteiger partial charge in [0.25, 0.3) is 0 Å². The number of piperidine rings is 1. The average molecular weight is 428 g/mol. The SMILES string of the molecule is COc1cc(C)c(Br)cc1S(=O)(=O)NCC1(C)CCNCC1.Cl. The lowest BCUT2D eigenvalue weighted by atomic mass is 9.81. The number of hydrogen-bond acceptors (Lipinski definition) is 4. The molecule has 5 nitrogen and oxygen atoms in total. The summed E-state index contributed by atoms with van der Waals surface area (Å²) in [5.74, 6) is 0.365. The van der Waals surface area contributed by atoms with E-state index < -0.39 is 10.0 Å². The first kappa shape index (κ1) is 20.7. The van der Waals surface area contributed by atoms with Crippen LogP contribution in [0.4, 0.5) is 0 Å². The number of ether oxygens (including phenoxy) is 1. The normalized spacial score (nSPS) is 17.4. The van der Waals surface area contributed by atoms with Crippen LogP contribution < -0.4 is 14.8 Å². The van der Waals surface area contributed by atoms with E-state index in [1.54, 1.807) is 12.1 Å². The van der Waals surface area contributed by atoms with Crippen molar-refractivity contribution in [2.75, 3.05) is 26.7 Å². The minimum absolute atomic E-state index is 0. The van der Waals surface area contributed by atoms with E-state index >= 15 is 0 Å². The molecule has 0 atom stereocenters. The van der Waals surface area contributed by atoms with Crippen molar-refractivity contribution < 1.29 is 13.2 Å². The maximum atomic E-state index is 12.6. The largest absolute Gasteiger partial charge is 0.495 e. The number of nitrogens with one attached hydrogen (secondary N) is 2. The van der Waals surface area contributed by atoms with Crippen LogP contribution >= 0.6 is 28.3 Å². The zero-order valence-corrected chi connectivity index (χ0v) is 16.8. The number of halogens is 2. The molecule has 1 aromatic carbocycles. The van der Waals surface area contributed by atoms with Gasteiger partial charge in [0.1, 0.15) is 10.6 Å². The first-order chi connectivity index (χ1) is 10.3. The third kappa shape index (κ3) is 5.06. The molecule has 0 unspecified atom stereocenters. The number of aryl methyl sites for hydroxylation is 1. The number of rotatable bonds is 5. The zero-order chi connectivity index (χ0) is 16.4. The molecule has 23 heavy (non-hydrogen) atoms. The van der Waals surface area contributed by atoms with Crippen LogP contribution in [0.1, 0.15) is 25.3 Å². The molecular formula is C15H24BrClN2O3S. The molecule has 0 bridgehead atoms. The Labute approximate surface area is 153 Å². The van der Waals surface area contributed by atoms with E-state index in [0.29, 0.717) is 12.3 Å². The van der Waals surface area contributed by atoms with Crippen molar-refractivity contribution in [3.8, 4) is 5.75 Å². The Balaban J connectivity index is 0.00000264. The molecule has 0 saturated carbocycles. The highest BCUT2D eigenvalue weighted by Gasteiger charge is 2.29. The van der Waals surface area contributed by atoms with E-state index in [9.17, 15) is 8.42 Å². The van der Waals surface area contributed by atoms with Crippen LogP contribution in [0.15, 0.2) is 21.5 Å². The molecule has 132 valence electrons. The van der Waals surface area contributed by atoms with Gasteiger partial charge in [0, 0.05) is 11.0 Å². The third-order valence-electron chi connectivity index (χ3n) is 4.23. The van der Waals surface area contributed by atoms with E-state index in [1.807, 2.05) is 6.92 Å². The molecule has 0 amide bonds. The Morgan fingerprint density at radius 1 is 1.35 bits per heavy atom. The monoisotopic (exact) mass is 426 g/mol. The predicted molar refractivity (Wildman–Crippen MR) is 98.1 cm³/mol. The maximum absolute atomic E-state index is 12.6. The second-order valence-corrected chi connectivity index (χ2v) is 8.73. The summed E-state index contributed by atoms with van der Waals surface area (Å²) in [7, 11) is -2.12. The van der Waals surface area contributed by atoms with Gasteiger partial charge in [-0.25, -0.2) is 13.1 Å². The van der Waals surface area contributed by atoms with Gasteiger partial charge in [-0.15, -0.1) is 12.4 Å². The smallest absolute Gasteiger partial charge is 0.244 e. The molecule has 1 aromatic rings. The van der Waals surface area contributed by atoms with E-state index in [1.165, 1.54) is 7.11 Å².